The highest BCUT2D eigenvalue weighted by Gasteiger charge is 2.42. The molecule has 1 aromatic rings. The molecule has 1 aromatic heterocycles. The molecule has 1 unspecified atom stereocenters. The van der Waals surface area contributed by atoms with Gasteiger partial charge in [-0.05, 0) is 46.8 Å². The Kier molecular flexibility index (Phi) is 4.52. The summed E-state index contributed by atoms with van der Waals surface area (Å²) in [5.41, 5.74) is 0. The maximum atomic E-state index is 12.4. The highest BCUT2D eigenvalue weighted by atomic mass is 79.9. The molecule has 1 saturated carbocycles. The van der Waals surface area contributed by atoms with Crippen molar-refractivity contribution in [3.05, 3.63) is 22.6 Å². The first-order chi connectivity index (χ1) is 9.38. The molecule has 3 atom stereocenters. The first-order valence-electron chi connectivity index (χ1n) is 6.60. The molecule has 1 N–H and O–H groups in total. The number of rotatable bonds is 4. The van der Waals surface area contributed by atoms with E-state index in [2.05, 4.69) is 15.9 Å². The zero-order valence-corrected chi connectivity index (χ0v) is 13.1. The average Bonchev–Trinajstić information content (AvgIpc) is 2.94. The number of aliphatic carboxylic acids is 1. The van der Waals surface area contributed by atoms with E-state index in [-0.39, 0.29) is 11.8 Å². The summed E-state index contributed by atoms with van der Waals surface area (Å²) in [5.74, 6) is -1.04. The monoisotopic (exact) mass is 343 g/mol. The van der Waals surface area contributed by atoms with Crippen molar-refractivity contribution >= 4 is 27.8 Å². The third-order valence-corrected chi connectivity index (χ3v) is 4.26. The van der Waals surface area contributed by atoms with Gasteiger partial charge < -0.3 is 14.4 Å². The second-order valence-corrected chi connectivity index (χ2v) is 6.31. The molecule has 0 spiro atoms. The van der Waals surface area contributed by atoms with Crippen LogP contribution in [0.15, 0.2) is 21.2 Å². The number of furan rings is 1. The second-order valence-electron chi connectivity index (χ2n) is 5.53. The summed E-state index contributed by atoms with van der Waals surface area (Å²) >= 11 is 3.21. The topological polar surface area (TPSA) is 70.8 Å². The highest BCUT2D eigenvalue weighted by molar-refractivity contribution is 9.10. The number of hydrogen-bond acceptors (Lipinski definition) is 3. The summed E-state index contributed by atoms with van der Waals surface area (Å²) in [5, 5.41) is 9.23. The van der Waals surface area contributed by atoms with Gasteiger partial charge in [-0.1, -0.05) is 6.92 Å². The quantitative estimate of drug-likeness (QED) is 0.912. The van der Waals surface area contributed by atoms with E-state index in [9.17, 15) is 14.7 Å². The molecule has 2 rings (SSSR count). The number of halogens is 1. The molecular formula is C14H18BrNO4. The number of carboxylic acid groups (broad SMARTS) is 1. The fourth-order valence-corrected chi connectivity index (χ4v) is 3.21. The van der Waals surface area contributed by atoms with Gasteiger partial charge in [0.05, 0.1) is 18.4 Å². The number of amides is 1. The third-order valence-electron chi connectivity index (χ3n) is 3.83. The van der Waals surface area contributed by atoms with Crippen molar-refractivity contribution in [2.75, 3.05) is 7.05 Å². The van der Waals surface area contributed by atoms with Gasteiger partial charge >= 0.3 is 5.97 Å². The van der Waals surface area contributed by atoms with Gasteiger partial charge in [0.1, 0.15) is 5.76 Å². The first-order valence-corrected chi connectivity index (χ1v) is 7.39. The fourth-order valence-electron chi connectivity index (χ4n) is 2.87. The highest BCUT2D eigenvalue weighted by Crippen LogP contribution is 2.37. The predicted molar refractivity (Wildman–Crippen MR) is 75.9 cm³/mol. The summed E-state index contributed by atoms with van der Waals surface area (Å²) in [6, 6.07) is 3.56. The van der Waals surface area contributed by atoms with Gasteiger partial charge in [0, 0.05) is 7.05 Å². The van der Waals surface area contributed by atoms with Crippen molar-refractivity contribution in [2.24, 2.45) is 17.8 Å². The molecule has 1 amide bonds. The number of carbonyl (C=O) groups excluding carboxylic acids is 1. The molecule has 1 fully saturated rings. The van der Waals surface area contributed by atoms with Gasteiger partial charge in [-0.25, -0.2) is 0 Å². The lowest BCUT2D eigenvalue weighted by atomic mass is 9.95. The normalized spacial score (nSPS) is 25.6. The van der Waals surface area contributed by atoms with Crippen molar-refractivity contribution in [1.29, 1.82) is 0 Å². The van der Waals surface area contributed by atoms with E-state index < -0.39 is 17.8 Å². The van der Waals surface area contributed by atoms with Gasteiger partial charge in [-0.3, -0.25) is 9.59 Å². The Bertz CT molecular complexity index is 513. The number of carbonyl (C=O) groups is 2. The van der Waals surface area contributed by atoms with Gasteiger partial charge in [0.25, 0.3) is 0 Å². The lowest BCUT2D eigenvalue weighted by Gasteiger charge is -2.22. The molecule has 1 aliphatic carbocycles. The minimum atomic E-state index is -0.873. The zero-order chi connectivity index (χ0) is 14.9. The van der Waals surface area contributed by atoms with Crippen LogP contribution in [0.3, 0.4) is 0 Å². The van der Waals surface area contributed by atoms with E-state index in [4.69, 9.17) is 4.42 Å². The maximum Gasteiger partial charge on any atom is 0.307 e. The van der Waals surface area contributed by atoms with Crippen molar-refractivity contribution in [3.63, 3.8) is 0 Å². The minimum absolute atomic E-state index is 0.116. The van der Waals surface area contributed by atoms with Crippen LogP contribution in [0.25, 0.3) is 0 Å². The molecular weight excluding hydrogens is 326 g/mol. The van der Waals surface area contributed by atoms with Crippen LogP contribution in [0.5, 0.6) is 0 Å². The summed E-state index contributed by atoms with van der Waals surface area (Å²) in [7, 11) is 1.68. The van der Waals surface area contributed by atoms with E-state index in [1.807, 2.05) is 6.92 Å². The Morgan fingerprint density at radius 2 is 2.05 bits per heavy atom. The number of nitrogens with zero attached hydrogens (tertiary/aromatic N) is 1. The van der Waals surface area contributed by atoms with Crippen LogP contribution >= 0.6 is 15.9 Å². The van der Waals surface area contributed by atoms with E-state index >= 15 is 0 Å². The molecule has 0 aromatic carbocycles. The van der Waals surface area contributed by atoms with Gasteiger partial charge in [0.15, 0.2) is 4.67 Å². The SMILES string of the molecule is CC1C[C@H](C(=O)N(C)Cc2ccc(Br)o2)[C@H](C(=O)O)C1. The van der Waals surface area contributed by atoms with E-state index in [0.717, 1.165) is 0 Å². The van der Waals surface area contributed by atoms with Crippen LogP contribution in [0, 0.1) is 17.8 Å². The van der Waals surface area contributed by atoms with Gasteiger partial charge in [-0.15, -0.1) is 0 Å². The van der Waals surface area contributed by atoms with Gasteiger partial charge in [0.2, 0.25) is 5.91 Å². The number of carboxylic acids is 1. The number of hydrogen-bond donors (Lipinski definition) is 1. The zero-order valence-electron chi connectivity index (χ0n) is 11.5. The smallest absolute Gasteiger partial charge is 0.307 e. The summed E-state index contributed by atoms with van der Waals surface area (Å²) in [6.07, 6.45) is 1.22. The summed E-state index contributed by atoms with van der Waals surface area (Å²) < 4.78 is 5.99. The fraction of sp³-hybridized carbons (Fsp3) is 0.571. The Hall–Kier alpha value is -1.30. The maximum absolute atomic E-state index is 12.4. The van der Waals surface area contributed by atoms with Crippen LogP contribution in [0.2, 0.25) is 0 Å². The van der Waals surface area contributed by atoms with Crippen LogP contribution < -0.4 is 0 Å². The van der Waals surface area contributed by atoms with Crippen molar-refractivity contribution < 1.29 is 19.1 Å². The molecule has 110 valence electrons. The Morgan fingerprint density at radius 3 is 2.60 bits per heavy atom. The molecule has 1 aliphatic rings. The molecule has 0 aliphatic heterocycles. The molecule has 6 heteroatoms. The first kappa shape index (κ1) is 15.1. The summed E-state index contributed by atoms with van der Waals surface area (Å²) in [6.45, 7) is 2.34. The van der Waals surface area contributed by atoms with E-state index in [1.165, 1.54) is 0 Å². The van der Waals surface area contributed by atoms with Crippen molar-refractivity contribution in [1.82, 2.24) is 4.90 Å². The Morgan fingerprint density at radius 1 is 1.40 bits per heavy atom. The lowest BCUT2D eigenvalue weighted by Crippen LogP contribution is -2.36. The van der Waals surface area contributed by atoms with Crippen LogP contribution in [0.4, 0.5) is 0 Å². The van der Waals surface area contributed by atoms with E-state index in [1.54, 1.807) is 24.1 Å². The second kappa shape index (κ2) is 5.99. The summed E-state index contributed by atoms with van der Waals surface area (Å²) in [4.78, 5) is 25.2. The predicted octanol–water partition coefficient (Wildman–Crippen LogP) is 2.75. The van der Waals surface area contributed by atoms with Crippen LogP contribution in [-0.2, 0) is 16.1 Å². The standard InChI is InChI=1S/C14H18BrNO4/c1-8-5-10(11(6-8)14(18)19)13(17)16(2)7-9-3-4-12(15)20-9/h3-4,8,10-11H,5-7H2,1-2H3,(H,18,19)/t8?,10-,11+/m0/s1. The van der Waals surface area contributed by atoms with E-state index in [0.29, 0.717) is 29.8 Å². The van der Waals surface area contributed by atoms with Crippen molar-refractivity contribution in [2.45, 2.75) is 26.3 Å². The Balaban J connectivity index is 2.04. The average molecular weight is 344 g/mol. The molecule has 0 saturated heterocycles. The third kappa shape index (κ3) is 3.23. The molecule has 1 heterocycles. The Labute approximate surface area is 126 Å². The van der Waals surface area contributed by atoms with Gasteiger partial charge in [-0.2, -0.15) is 0 Å². The van der Waals surface area contributed by atoms with Crippen LogP contribution in [0.1, 0.15) is 25.5 Å². The molecule has 5 nitrogen and oxygen atoms in total. The largest absolute Gasteiger partial charge is 0.481 e. The van der Waals surface area contributed by atoms with Crippen LogP contribution in [-0.4, -0.2) is 28.9 Å². The minimum Gasteiger partial charge on any atom is -0.481 e. The van der Waals surface area contributed by atoms with Crippen molar-refractivity contribution in [3.8, 4) is 0 Å². The molecule has 0 bridgehead atoms. The molecule has 20 heavy (non-hydrogen) atoms. The lowest BCUT2D eigenvalue weighted by molar-refractivity contribution is -0.148. The molecule has 0 radical (unpaired) electrons.